The quantitative estimate of drug-likeness (QED) is 0.288. The maximum Gasteiger partial charge on any atom is 0.227 e. The van der Waals surface area contributed by atoms with E-state index in [0.717, 1.165) is 23.5 Å². The van der Waals surface area contributed by atoms with Crippen molar-refractivity contribution in [1.82, 2.24) is 14.7 Å². The van der Waals surface area contributed by atoms with Crippen molar-refractivity contribution in [2.24, 2.45) is 5.92 Å². The van der Waals surface area contributed by atoms with Crippen molar-refractivity contribution in [3.8, 4) is 29.7 Å². The van der Waals surface area contributed by atoms with Gasteiger partial charge in [0, 0.05) is 24.7 Å². The molecule has 0 aliphatic rings. The molecule has 34 heavy (non-hydrogen) atoms. The molecule has 0 fully saturated rings. The number of hydrogen-bond acceptors (Lipinski definition) is 5. The second-order valence-electron chi connectivity index (χ2n) is 8.64. The molecule has 3 aromatic rings. The van der Waals surface area contributed by atoms with E-state index in [1.54, 1.807) is 4.68 Å². The molecular formula is C27H32ClN3O3. The highest BCUT2D eigenvalue weighted by Crippen LogP contribution is 2.32. The van der Waals surface area contributed by atoms with Crippen LogP contribution in [0.3, 0.4) is 0 Å². The van der Waals surface area contributed by atoms with Crippen LogP contribution in [0.4, 0.5) is 0 Å². The Morgan fingerprint density at radius 2 is 1.91 bits per heavy atom. The lowest BCUT2D eigenvalue weighted by molar-refractivity contribution is 0.0236. The molecule has 1 aromatic heterocycles. The van der Waals surface area contributed by atoms with Gasteiger partial charge in [0.15, 0.2) is 0 Å². The monoisotopic (exact) mass is 481 g/mol. The molecule has 2 aromatic carbocycles. The summed E-state index contributed by atoms with van der Waals surface area (Å²) in [6.07, 6.45) is 4.58. The molecule has 3 rings (SSSR count). The minimum atomic E-state index is -0.658. The number of aliphatic hydroxyl groups excluding tert-OH is 1. The van der Waals surface area contributed by atoms with E-state index < -0.39 is 6.10 Å². The Labute approximate surface area is 207 Å². The predicted octanol–water partition coefficient (Wildman–Crippen LogP) is 5.10. The normalized spacial score (nSPS) is 12.2. The van der Waals surface area contributed by atoms with E-state index in [-0.39, 0.29) is 13.2 Å². The minimum Gasteiger partial charge on any atom is -0.439 e. The van der Waals surface area contributed by atoms with Crippen molar-refractivity contribution in [2.75, 3.05) is 26.3 Å². The highest BCUT2D eigenvalue weighted by molar-refractivity contribution is 6.30. The number of nitrogens with zero attached hydrogens (tertiary/aromatic N) is 3. The molecule has 1 heterocycles. The van der Waals surface area contributed by atoms with E-state index >= 15 is 0 Å². The fraction of sp³-hybridized carbons (Fsp3) is 0.370. The number of aryl methyl sites for hydroxylation is 1. The molecule has 0 radical (unpaired) electrons. The van der Waals surface area contributed by atoms with Crippen LogP contribution in [-0.4, -0.2) is 52.2 Å². The Morgan fingerprint density at radius 3 is 2.59 bits per heavy atom. The second-order valence-corrected chi connectivity index (χ2v) is 9.07. The molecule has 0 saturated heterocycles. The van der Waals surface area contributed by atoms with Crippen LogP contribution in [0.1, 0.15) is 25.1 Å². The van der Waals surface area contributed by atoms with Gasteiger partial charge in [-0.2, -0.15) is 5.10 Å². The van der Waals surface area contributed by atoms with E-state index in [2.05, 4.69) is 24.7 Å². The van der Waals surface area contributed by atoms with Gasteiger partial charge in [-0.25, -0.2) is 4.68 Å². The summed E-state index contributed by atoms with van der Waals surface area (Å²) in [6.45, 7) is 8.42. The third-order valence-corrected chi connectivity index (χ3v) is 5.35. The van der Waals surface area contributed by atoms with Gasteiger partial charge in [-0.15, -0.1) is 6.42 Å². The van der Waals surface area contributed by atoms with E-state index in [9.17, 15) is 5.11 Å². The molecule has 0 saturated carbocycles. The lowest BCUT2D eigenvalue weighted by Crippen LogP contribution is -2.37. The summed E-state index contributed by atoms with van der Waals surface area (Å²) in [7, 11) is 0. The van der Waals surface area contributed by atoms with Gasteiger partial charge in [-0.05, 0) is 43.2 Å². The number of aromatic nitrogens is 2. The molecule has 1 atom stereocenters. The van der Waals surface area contributed by atoms with Crippen LogP contribution in [-0.2, 0) is 11.3 Å². The number of ether oxygens (including phenoxy) is 2. The van der Waals surface area contributed by atoms with Gasteiger partial charge in [0.2, 0.25) is 5.88 Å². The third kappa shape index (κ3) is 7.34. The number of rotatable bonds is 12. The maximum atomic E-state index is 10.5. The Kier molecular flexibility index (Phi) is 9.55. The number of para-hydroxylation sites is 1. The van der Waals surface area contributed by atoms with Crippen LogP contribution < -0.4 is 4.74 Å². The number of benzene rings is 2. The van der Waals surface area contributed by atoms with Crippen LogP contribution in [0.25, 0.3) is 5.69 Å². The number of halogens is 1. The lowest BCUT2D eigenvalue weighted by atomic mass is 10.1. The van der Waals surface area contributed by atoms with Gasteiger partial charge >= 0.3 is 0 Å². The predicted molar refractivity (Wildman–Crippen MR) is 136 cm³/mol. The first-order chi connectivity index (χ1) is 16.4. The number of terminal acetylenes is 1. The molecule has 0 aliphatic carbocycles. The lowest BCUT2D eigenvalue weighted by Gasteiger charge is -2.27. The Hall–Kier alpha value is -2.82. The third-order valence-electron chi connectivity index (χ3n) is 5.12. The number of aliphatic hydroxyl groups is 1. The summed E-state index contributed by atoms with van der Waals surface area (Å²) in [6, 6.07) is 17.1. The minimum absolute atomic E-state index is 0.182. The fourth-order valence-corrected chi connectivity index (χ4v) is 3.94. The van der Waals surface area contributed by atoms with Crippen LogP contribution >= 0.6 is 11.6 Å². The zero-order chi connectivity index (χ0) is 24.5. The molecule has 0 aliphatic heterocycles. The van der Waals surface area contributed by atoms with Crippen molar-refractivity contribution in [2.45, 2.75) is 33.4 Å². The summed E-state index contributed by atoms with van der Waals surface area (Å²) >= 11 is 6.26. The van der Waals surface area contributed by atoms with E-state index in [1.165, 1.54) is 0 Å². The first-order valence-corrected chi connectivity index (χ1v) is 11.7. The van der Waals surface area contributed by atoms with Gasteiger partial charge in [0.25, 0.3) is 0 Å². The molecule has 1 unspecified atom stereocenters. The largest absolute Gasteiger partial charge is 0.439 e. The van der Waals surface area contributed by atoms with Gasteiger partial charge in [0.1, 0.15) is 12.4 Å². The highest BCUT2D eigenvalue weighted by Gasteiger charge is 2.23. The molecule has 180 valence electrons. The molecule has 6 nitrogen and oxygen atoms in total. The zero-order valence-electron chi connectivity index (χ0n) is 19.9. The average Bonchev–Trinajstić information content (AvgIpc) is 3.09. The van der Waals surface area contributed by atoms with E-state index in [0.29, 0.717) is 35.7 Å². The topological polar surface area (TPSA) is 59.8 Å². The Bertz CT molecular complexity index is 1090. The van der Waals surface area contributed by atoms with Crippen LogP contribution in [0.15, 0.2) is 54.6 Å². The first-order valence-electron chi connectivity index (χ1n) is 11.4. The van der Waals surface area contributed by atoms with Crippen LogP contribution in [0, 0.1) is 25.2 Å². The van der Waals surface area contributed by atoms with E-state index in [4.69, 9.17) is 32.6 Å². The SMILES string of the molecule is C#CCOCC(O)CN(Cc1c(C)nn(-c2cccc(Cl)c2)c1Oc1ccccc1)CC(C)C. The molecule has 0 amide bonds. The van der Waals surface area contributed by atoms with Crippen molar-refractivity contribution in [3.05, 3.63) is 70.9 Å². The van der Waals surface area contributed by atoms with Crippen LogP contribution in [0.5, 0.6) is 11.6 Å². The van der Waals surface area contributed by atoms with Gasteiger partial charge < -0.3 is 14.6 Å². The Balaban J connectivity index is 1.95. The molecular weight excluding hydrogens is 450 g/mol. The maximum absolute atomic E-state index is 10.5. The van der Waals surface area contributed by atoms with Gasteiger partial charge in [0.05, 0.1) is 29.7 Å². The average molecular weight is 482 g/mol. The summed E-state index contributed by atoms with van der Waals surface area (Å²) in [4.78, 5) is 2.19. The van der Waals surface area contributed by atoms with Crippen molar-refractivity contribution in [1.29, 1.82) is 0 Å². The van der Waals surface area contributed by atoms with Crippen molar-refractivity contribution in [3.63, 3.8) is 0 Å². The van der Waals surface area contributed by atoms with Gasteiger partial charge in [-0.3, -0.25) is 4.90 Å². The molecule has 1 N–H and O–H groups in total. The number of hydrogen-bond donors (Lipinski definition) is 1. The zero-order valence-corrected chi connectivity index (χ0v) is 20.7. The highest BCUT2D eigenvalue weighted by atomic mass is 35.5. The van der Waals surface area contributed by atoms with Crippen molar-refractivity contribution < 1.29 is 14.6 Å². The first kappa shape index (κ1) is 25.8. The smallest absolute Gasteiger partial charge is 0.227 e. The molecule has 7 heteroatoms. The molecule has 0 spiro atoms. The standard InChI is InChI=1S/C27H32ClN3O3/c1-5-14-33-19-24(32)17-30(16-20(2)3)18-26-21(4)29-31(23-11-9-10-22(28)15-23)27(26)34-25-12-7-6-8-13-25/h1,6-13,15,20,24,32H,14,16-19H2,2-4H3. The summed E-state index contributed by atoms with van der Waals surface area (Å²) in [5.41, 5.74) is 2.60. The van der Waals surface area contributed by atoms with Crippen molar-refractivity contribution >= 4 is 11.6 Å². The fourth-order valence-electron chi connectivity index (χ4n) is 3.76. The summed E-state index contributed by atoms with van der Waals surface area (Å²) in [5, 5.41) is 15.9. The summed E-state index contributed by atoms with van der Waals surface area (Å²) in [5.74, 6) is 4.16. The van der Waals surface area contributed by atoms with Gasteiger partial charge in [-0.1, -0.05) is 55.6 Å². The molecule has 0 bridgehead atoms. The second kappa shape index (κ2) is 12.6. The Morgan fingerprint density at radius 1 is 1.15 bits per heavy atom. The summed E-state index contributed by atoms with van der Waals surface area (Å²) < 4.78 is 13.5. The van der Waals surface area contributed by atoms with E-state index in [1.807, 2.05) is 61.5 Å². The van der Waals surface area contributed by atoms with Crippen LogP contribution in [0.2, 0.25) is 5.02 Å².